The number of rotatable bonds is 5. The van der Waals surface area contributed by atoms with Crippen LogP contribution >= 0.6 is 0 Å². The molecule has 1 saturated heterocycles. The molecule has 2 aromatic carbocycles. The first-order valence-electron chi connectivity index (χ1n) is 10.8. The number of nitrogens with zero attached hydrogens (tertiary/aromatic N) is 4. The first-order valence-corrected chi connectivity index (χ1v) is 10.8. The van der Waals surface area contributed by atoms with Crippen molar-refractivity contribution in [2.75, 3.05) is 24.6 Å². The Morgan fingerprint density at radius 3 is 2.39 bits per heavy atom. The largest absolute Gasteiger partial charge is 0.457 e. The molecule has 0 saturated carbocycles. The molecule has 0 spiro atoms. The summed E-state index contributed by atoms with van der Waals surface area (Å²) in [5, 5.41) is 0. The molecule has 9 heteroatoms. The third-order valence-corrected chi connectivity index (χ3v) is 5.96. The number of aromatic nitrogens is 3. The zero-order chi connectivity index (χ0) is 22.9. The first-order chi connectivity index (χ1) is 16.0. The highest BCUT2D eigenvalue weighted by Crippen LogP contribution is 2.29. The van der Waals surface area contributed by atoms with Gasteiger partial charge in [-0.05, 0) is 67.4 Å². The van der Waals surface area contributed by atoms with Crippen molar-refractivity contribution >= 4 is 28.9 Å². The molecule has 1 atom stereocenters. The van der Waals surface area contributed by atoms with Gasteiger partial charge in [0, 0.05) is 25.0 Å². The molecule has 2 aromatic heterocycles. The maximum Gasteiger partial charge on any atom is 0.334 e. The Bertz CT molecular complexity index is 1360. The van der Waals surface area contributed by atoms with Crippen LogP contribution in [0.25, 0.3) is 16.7 Å². The van der Waals surface area contributed by atoms with Gasteiger partial charge in [0.1, 0.15) is 22.8 Å². The molecular weight excluding hydrogens is 420 g/mol. The van der Waals surface area contributed by atoms with Crippen LogP contribution in [0.2, 0.25) is 0 Å². The molecule has 0 aliphatic carbocycles. The molecule has 5 rings (SSSR count). The number of carbonyl (C=O) groups excluding carboxylic acids is 1. The van der Waals surface area contributed by atoms with E-state index >= 15 is 0 Å². The van der Waals surface area contributed by atoms with Gasteiger partial charge in [-0.2, -0.15) is 0 Å². The highest BCUT2D eigenvalue weighted by atomic mass is 16.5. The Labute approximate surface area is 189 Å². The molecule has 3 heterocycles. The lowest BCUT2D eigenvalue weighted by Crippen LogP contribution is -2.39. The minimum absolute atomic E-state index is 0.130. The summed E-state index contributed by atoms with van der Waals surface area (Å²) >= 11 is 0. The summed E-state index contributed by atoms with van der Waals surface area (Å²) in [4.78, 5) is 30.9. The van der Waals surface area contributed by atoms with Gasteiger partial charge in [-0.25, -0.2) is 9.78 Å². The molecule has 168 valence electrons. The molecule has 4 N–H and O–H groups in total. The number of piperidine rings is 1. The van der Waals surface area contributed by atoms with E-state index in [-0.39, 0.29) is 17.5 Å². The number of hydrogen-bond acceptors (Lipinski definition) is 6. The number of ether oxygens (including phenoxy) is 1. The number of likely N-dealkylation sites (tertiary alicyclic amines) is 1. The molecule has 9 nitrogen and oxygen atoms in total. The summed E-state index contributed by atoms with van der Waals surface area (Å²) in [7, 11) is 0. The highest BCUT2D eigenvalue weighted by molar-refractivity contribution is 5.87. The normalized spacial score (nSPS) is 16.1. The zero-order valence-corrected chi connectivity index (χ0v) is 17.9. The van der Waals surface area contributed by atoms with E-state index in [4.69, 9.17) is 16.2 Å². The lowest BCUT2D eigenvalue weighted by molar-refractivity contribution is -0.119. The second kappa shape index (κ2) is 8.34. The predicted octanol–water partition coefficient (Wildman–Crippen LogP) is 2.94. The van der Waals surface area contributed by atoms with Gasteiger partial charge in [0.2, 0.25) is 6.41 Å². The van der Waals surface area contributed by atoms with Crippen molar-refractivity contribution in [3.05, 3.63) is 71.3 Å². The molecule has 0 bridgehead atoms. The molecule has 1 unspecified atom stereocenters. The van der Waals surface area contributed by atoms with E-state index in [0.717, 1.165) is 19.3 Å². The molecule has 1 fully saturated rings. The Morgan fingerprint density at radius 2 is 1.70 bits per heavy atom. The second-order valence-electron chi connectivity index (χ2n) is 8.11. The van der Waals surface area contributed by atoms with E-state index in [1.807, 2.05) is 12.1 Å². The topological polar surface area (TPSA) is 121 Å². The number of imidazole rings is 1. The lowest BCUT2D eigenvalue weighted by atomic mass is 10.1. The van der Waals surface area contributed by atoms with E-state index in [9.17, 15) is 9.59 Å². The van der Waals surface area contributed by atoms with Crippen molar-refractivity contribution in [2.24, 2.45) is 0 Å². The third kappa shape index (κ3) is 3.78. The number of amides is 1. The van der Waals surface area contributed by atoms with Crippen LogP contribution in [0.4, 0.5) is 11.5 Å². The van der Waals surface area contributed by atoms with Gasteiger partial charge >= 0.3 is 5.69 Å². The smallest absolute Gasteiger partial charge is 0.334 e. The molecule has 33 heavy (non-hydrogen) atoms. The van der Waals surface area contributed by atoms with Crippen LogP contribution in [-0.2, 0) is 4.79 Å². The van der Waals surface area contributed by atoms with Crippen LogP contribution in [0.15, 0.2) is 65.6 Å². The summed E-state index contributed by atoms with van der Waals surface area (Å²) in [6.45, 7) is 1.19. The fraction of sp³-hybridized carbons (Fsp3) is 0.208. The minimum Gasteiger partial charge on any atom is -0.457 e. The monoisotopic (exact) mass is 444 g/mol. The van der Waals surface area contributed by atoms with E-state index in [1.165, 1.54) is 0 Å². The van der Waals surface area contributed by atoms with Crippen LogP contribution in [-0.4, -0.2) is 38.5 Å². The summed E-state index contributed by atoms with van der Waals surface area (Å²) < 4.78 is 9.18. The van der Waals surface area contributed by atoms with Crippen molar-refractivity contribution in [3.63, 3.8) is 0 Å². The van der Waals surface area contributed by atoms with Crippen LogP contribution in [0.5, 0.6) is 11.5 Å². The van der Waals surface area contributed by atoms with E-state index in [1.54, 1.807) is 62.7 Å². The maximum atomic E-state index is 13.6. The Balaban J connectivity index is 1.55. The molecule has 0 radical (unpaired) electrons. The van der Waals surface area contributed by atoms with Crippen LogP contribution in [0.3, 0.4) is 0 Å². The Kier molecular flexibility index (Phi) is 5.21. The zero-order valence-electron chi connectivity index (χ0n) is 17.9. The highest BCUT2D eigenvalue weighted by Gasteiger charge is 2.26. The Hall–Kier alpha value is -4.27. The number of nitrogen functional groups attached to an aromatic ring is 2. The molecule has 1 aliphatic heterocycles. The van der Waals surface area contributed by atoms with E-state index < -0.39 is 0 Å². The number of hydrogen-bond donors (Lipinski definition) is 2. The number of anilines is 2. The average molecular weight is 444 g/mol. The maximum absolute atomic E-state index is 13.6. The van der Waals surface area contributed by atoms with Gasteiger partial charge in [-0.1, -0.05) is 0 Å². The lowest BCUT2D eigenvalue weighted by Gasteiger charge is -2.30. The number of nitrogens with two attached hydrogens (primary N) is 2. The quantitative estimate of drug-likeness (QED) is 0.361. The Morgan fingerprint density at radius 1 is 1.00 bits per heavy atom. The van der Waals surface area contributed by atoms with Gasteiger partial charge in [0.05, 0.1) is 17.2 Å². The SMILES string of the molecule is Nc1ccc(Oc2ccc(-n3c(=O)n(C4CCCN(C=O)C4)c4ccnc(N)c43)cc2)cc1. The van der Waals surface area contributed by atoms with Crippen molar-refractivity contribution in [1.82, 2.24) is 19.0 Å². The minimum atomic E-state index is -0.213. The number of pyridine rings is 1. The van der Waals surface area contributed by atoms with Gasteiger partial charge in [-0.15, -0.1) is 0 Å². The molecule has 4 aromatic rings. The average Bonchev–Trinajstić information content (AvgIpc) is 3.14. The summed E-state index contributed by atoms with van der Waals surface area (Å²) in [6, 6.07) is 16.0. The molecular formula is C24H24N6O3. The predicted molar refractivity (Wildman–Crippen MR) is 127 cm³/mol. The molecule has 1 amide bonds. The summed E-state index contributed by atoms with van der Waals surface area (Å²) in [5.74, 6) is 1.56. The number of benzene rings is 2. The van der Waals surface area contributed by atoms with Crippen LogP contribution in [0, 0.1) is 0 Å². The molecule has 1 aliphatic rings. The van der Waals surface area contributed by atoms with Gasteiger partial charge in [0.25, 0.3) is 0 Å². The van der Waals surface area contributed by atoms with Gasteiger partial charge in [-0.3, -0.25) is 13.9 Å². The van der Waals surface area contributed by atoms with Crippen molar-refractivity contribution in [1.29, 1.82) is 0 Å². The van der Waals surface area contributed by atoms with Crippen molar-refractivity contribution in [2.45, 2.75) is 18.9 Å². The van der Waals surface area contributed by atoms with Crippen LogP contribution in [0.1, 0.15) is 18.9 Å². The standard InChI is InChI=1S/C24H24N6O3/c25-16-3-7-19(8-4-16)33-20-9-5-17(6-10-20)30-22-21(11-12-27-23(22)26)29(24(30)32)18-2-1-13-28(14-18)15-31/h3-12,15,18H,1-2,13-14,25H2,(H2,26,27). The fourth-order valence-electron chi connectivity index (χ4n) is 4.41. The number of fused-ring (bicyclic) bond motifs is 1. The van der Waals surface area contributed by atoms with Crippen molar-refractivity contribution < 1.29 is 9.53 Å². The summed E-state index contributed by atoms with van der Waals surface area (Å²) in [5.41, 5.74) is 14.3. The fourth-order valence-corrected chi connectivity index (χ4v) is 4.41. The van der Waals surface area contributed by atoms with E-state index in [2.05, 4.69) is 4.98 Å². The van der Waals surface area contributed by atoms with Gasteiger partial charge < -0.3 is 21.1 Å². The van der Waals surface area contributed by atoms with Crippen LogP contribution < -0.4 is 21.9 Å². The third-order valence-electron chi connectivity index (χ3n) is 5.96. The number of carbonyl (C=O) groups is 1. The first kappa shape index (κ1) is 20.6. The second-order valence-corrected chi connectivity index (χ2v) is 8.11. The summed E-state index contributed by atoms with van der Waals surface area (Å²) in [6.07, 6.45) is 4.08. The van der Waals surface area contributed by atoms with Crippen molar-refractivity contribution in [3.8, 4) is 17.2 Å². The van der Waals surface area contributed by atoms with Gasteiger partial charge in [0.15, 0.2) is 0 Å². The van der Waals surface area contributed by atoms with E-state index in [0.29, 0.717) is 47.0 Å².